The molecule has 1 unspecified atom stereocenters. The number of nitrogens with one attached hydrogen (secondary N) is 2. The van der Waals surface area contributed by atoms with Gasteiger partial charge in [0.15, 0.2) is 0 Å². The van der Waals surface area contributed by atoms with Crippen molar-refractivity contribution in [1.82, 2.24) is 15.6 Å². The second kappa shape index (κ2) is 7.46. The van der Waals surface area contributed by atoms with Crippen LogP contribution in [0.1, 0.15) is 26.3 Å². The Hall–Kier alpha value is -2.08. The van der Waals surface area contributed by atoms with Crippen molar-refractivity contribution in [2.24, 2.45) is 0 Å². The number of amides is 3. The molecule has 122 valence electrons. The van der Waals surface area contributed by atoms with Crippen molar-refractivity contribution in [3.8, 4) is 0 Å². The number of carbonyl (C=O) groups excluding carboxylic acids is 2. The summed E-state index contributed by atoms with van der Waals surface area (Å²) in [5, 5.41) is 6.43. The standard InChI is InChI=1S/C17H21N3O2S/c1-10(2)18-17(22)20-16(21)12(4)23-15-9-11(3)13-7-5-6-8-14(13)19-15/h5-10,12H,1-4H3,(H2,18,20,21,22). The SMILES string of the molecule is Cc1cc(SC(C)C(=O)NC(=O)NC(C)C)nc2ccccc12. The molecule has 23 heavy (non-hydrogen) atoms. The van der Waals surface area contributed by atoms with Crippen LogP contribution in [-0.4, -0.2) is 28.2 Å². The number of imide groups is 1. The minimum Gasteiger partial charge on any atom is -0.336 e. The fourth-order valence-electron chi connectivity index (χ4n) is 2.13. The second-order valence-corrected chi connectivity index (χ2v) is 7.03. The first kappa shape index (κ1) is 17.3. The van der Waals surface area contributed by atoms with Crippen molar-refractivity contribution in [1.29, 1.82) is 0 Å². The van der Waals surface area contributed by atoms with Gasteiger partial charge in [-0.3, -0.25) is 10.1 Å². The van der Waals surface area contributed by atoms with Gasteiger partial charge in [-0.15, -0.1) is 0 Å². The third-order valence-electron chi connectivity index (χ3n) is 3.22. The molecule has 0 spiro atoms. The third kappa shape index (κ3) is 4.69. The zero-order chi connectivity index (χ0) is 17.0. The topological polar surface area (TPSA) is 71.1 Å². The van der Waals surface area contributed by atoms with Crippen molar-refractivity contribution in [3.05, 3.63) is 35.9 Å². The molecular weight excluding hydrogens is 310 g/mol. The Kier molecular flexibility index (Phi) is 5.60. The first-order valence-corrected chi connectivity index (χ1v) is 8.39. The van der Waals surface area contributed by atoms with E-state index >= 15 is 0 Å². The van der Waals surface area contributed by atoms with E-state index in [0.717, 1.165) is 21.5 Å². The van der Waals surface area contributed by atoms with E-state index < -0.39 is 11.3 Å². The van der Waals surface area contributed by atoms with Gasteiger partial charge in [-0.1, -0.05) is 30.0 Å². The minimum absolute atomic E-state index is 0.0180. The van der Waals surface area contributed by atoms with Crippen molar-refractivity contribution in [2.45, 2.75) is 44.0 Å². The van der Waals surface area contributed by atoms with Crippen LogP contribution >= 0.6 is 11.8 Å². The normalized spacial score (nSPS) is 12.2. The highest BCUT2D eigenvalue weighted by molar-refractivity contribution is 8.00. The Morgan fingerprint density at radius 2 is 1.87 bits per heavy atom. The molecule has 0 radical (unpaired) electrons. The Bertz CT molecular complexity index is 731. The zero-order valence-electron chi connectivity index (χ0n) is 13.7. The van der Waals surface area contributed by atoms with Gasteiger partial charge in [0.25, 0.3) is 0 Å². The van der Waals surface area contributed by atoms with Gasteiger partial charge in [-0.25, -0.2) is 9.78 Å². The number of urea groups is 1. The molecule has 1 atom stereocenters. The lowest BCUT2D eigenvalue weighted by Gasteiger charge is -2.13. The number of aromatic nitrogens is 1. The van der Waals surface area contributed by atoms with Crippen molar-refractivity contribution >= 4 is 34.6 Å². The van der Waals surface area contributed by atoms with Crippen LogP contribution in [0.4, 0.5) is 4.79 Å². The number of benzene rings is 1. The lowest BCUT2D eigenvalue weighted by molar-refractivity contribution is -0.119. The predicted molar refractivity (Wildman–Crippen MR) is 93.6 cm³/mol. The average Bonchev–Trinajstić information content (AvgIpc) is 2.46. The number of aryl methyl sites for hydroxylation is 1. The molecule has 0 bridgehead atoms. The highest BCUT2D eigenvalue weighted by Crippen LogP contribution is 2.26. The van der Waals surface area contributed by atoms with Gasteiger partial charge in [0, 0.05) is 11.4 Å². The summed E-state index contributed by atoms with van der Waals surface area (Å²) in [6, 6.07) is 9.37. The second-order valence-electron chi connectivity index (χ2n) is 5.67. The number of hydrogen-bond acceptors (Lipinski definition) is 4. The monoisotopic (exact) mass is 331 g/mol. The fourth-order valence-corrected chi connectivity index (χ4v) is 3.05. The Morgan fingerprint density at radius 1 is 1.17 bits per heavy atom. The van der Waals surface area contributed by atoms with Crippen molar-refractivity contribution < 1.29 is 9.59 Å². The zero-order valence-corrected chi connectivity index (χ0v) is 14.5. The van der Waals surface area contributed by atoms with Gasteiger partial charge in [0.2, 0.25) is 5.91 Å². The van der Waals surface area contributed by atoms with Gasteiger partial charge in [-0.05, 0) is 45.4 Å². The van der Waals surface area contributed by atoms with Crippen LogP contribution in [0, 0.1) is 6.92 Å². The van der Waals surface area contributed by atoms with E-state index in [-0.39, 0.29) is 11.9 Å². The number of nitrogens with zero attached hydrogens (tertiary/aromatic N) is 1. The molecule has 1 aromatic heterocycles. The van der Waals surface area contributed by atoms with Crippen LogP contribution < -0.4 is 10.6 Å². The van der Waals surface area contributed by atoms with E-state index in [0.29, 0.717) is 0 Å². The van der Waals surface area contributed by atoms with E-state index in [2.05, 4.69) is 15.6 Å². The van der Waals surface area contributed by atoms with Gasteiger partial charge in [-0.2, -0.15) is 0 Å². The number of hydrogen-bond donors (Lipinski definition) is 2. The summed E-state index contributed by atoms with van der Waals surface area (Å²) < 4.78 is 0. The molecule has 2 aromatic rings. The van der Waals surface area contributed by atoms with E-state index in [9.17, 15) is 9.59 Å². The predicted octanol–water partition coefficient (Wildman–Crippen LogP) is 3.26. The van der Waals surface area contributed by atoms with Crippen molar-refractivity contribution in [3.63, 3.8) is 0 Å². The molecule has 1 aromatic carbocycles. The molecule has 0 aliphatic rings. The quantitative estimate of drug-likeness (QED) is 0.844. The molecular formula is C17H21N3O2S. The lowest BCUT2D eigenvalue weighted by atomic mass is 10.1. The molecule has 2 N–H and O–H groups in total. The van der Waals surface area contributed by atoms with Gasteiger partial charge < -0.3 is 5.32 Å². The summed E-state index contributed by atoms with van der Waals surface area (Å²) in [7, 11) is 0. The molecule has 2 rings (SSSR count). The fraction of sp³-hybridized carbons (Fsp3) is 0.353. The van der Waals surface area contributed by atoms with E-state index in [1.165, 1.54) is 11.8 Å². The molecule has 0 fully saturated rings. The Labute approximate surface area is 140 Å². The van der Waals surface area contributed by atoms with Crippen LogP contribution in [0.5, 0.6) is 0 Å². The number of pyridine rings is 1. The first-order valence-electron chi connectivity index (χ1n) is 7.51. The highest BCUT2D eigenvalue weighted by atomic mass is 32.2. The average molecular weight is 331 g/mol. The molecule has 0 aliphatic carbocycles. The maximum absolute atomic E-state index is 12.1. The van der Waals surface area contributed by atoms with Crippen LogP contribution in [0.25, 0.3) is 10.9 Å². The summed E-state index contributed by atoms with van der Waals surface area (Å²) in [6.45, 7) is 7.46. The number of fused-ring (bicyclic) bond motifs is 1. The van der Waals surface area contributed by atoms with Crippen LogP contribution in [0.3, 0.4) is 0 Å². The smallest absolute Gasteiger partial charge is 0.321 e. The highest BCUT2D eigenvalue weighted by Gasteiger charge is 2.18. The van der Waals surface area contributed by atoms with Crippen molar-refractivity contribution in [2.75, 3.05) is 0 Å². The molecule has 0 aliphatic heterocycles. The Balaban J connectivity index is 2.06. The maximum atomic E-state index is 12.1. The molecule has 5 nitrogen and oxygen atoms in total. The van der Waals surface area contributed by atoms with Crippen LogP contribution in [0.2, 0.25) is 0 Å². The summed E-state index contributed by atoms with van der Waals surface area (Å²) in [6.07, 6.45) is 0. The molecule has 0 saturated carbocycles. The van der Waals surface area contributed by atoms with Crippen LogP contribution in [0.15, 0.2) is 35.4 Å². The lowest BCUT2D eigenvalue weighted by Crippen LogP contribution is -2.45. The van der Waals surface area contributed by atoms with E-state index in [4.69, 9.17) is 0 Å². The maximum Gasteiger partial charge on any atom is 0.321 e. The van der Waals surface area contributed by atoms with Gasteiger partial charge in [0.1, 0.15) is 0 Å². The summed E-state index contributed by atoms with van der Waals surface area (Å²) >= 11 is 1.34. The number of thioether (sulfide) groups is 1. The molecule has 6 heteroatoms. The first-order chi connectivity index (χ1) is 10.9. The Morgan fingerprint density at radius 3 is 2.57 bits per heavy atom. The minimum atomic E-state index is -0.472. The number of para-hydroxylation sites is 1. The number of carbonyl (C=O) groups is 2. The molecule has 1 heterocycles. The van der Waals surface area contributed by atoms with Gasteiger partial charge in [0.05, 0.1) is 15.8 Å². The number of rotatable bonds is 4. The van der Waals surface area contributed by atoms with Crippen LogP contribution in [-0.2, 0) is 4.79 Å². The summed E-state index contributed by atoms with van der Waals surface area (Å²) in [5.41, 5.74) is 2.02. The molecule has 3 amide bonds. The van der Waals surface area contributed by atoms with Gasteiger partial charge >= 0.3 is 6.03 Å². The summed E-state index contributed by atoms with van der Waals surface area (Å²) in [5.74, 6) is -0.333. The third-order valence-corrected chi connectivity index (χ3v) is 4.24. The van der Waals surface area contributed by atoms with E-state index in [1.54, 1.807) is 6.92 Å². The molecule has 0 saturated heterocycles. The largest absolute Gasteiger partial charge is 0.336 e. The van der Waals surface area contributed by atoms with E-state index in [1.807, 2.05) is 51.1 Å². The summed E-state index contributed by atoms with van der Waals surface area (Å²) in [4.78, 5) is 28.2.